The van der Waals surface area contributed by atoms with Gasteiger partial charge in [-0.15, -0.1) is 0 Å². The molecule has 4 rings (SSSR count). The third-order valence-corrected chi connectivity index (χ3v) is 4.87. The van der Waals surface area contributed by atoms with Crippen molar-refractivity contribution in [3.63, 3.8) is 0 Å². The zero-order valence-electron chi connectivity index (χ0n) is 12.5. The summed E-state index contributed by atoms with van der Waals surface area (Å²) in [5, 5.41) is 18.6. The van der Waals surface area contributed by atoms with Crippen molar-refractivity contribution in [2.45, 2.75) is 25.0 Å². The van der Waals surface area contributed by atoms with E-state index in [2.05, 4.69) is 37.4 Å². The van der Waals surface area contributed by atoms with Gasteiger partial charge in [-0.05, 0) is 39.9 Å². The first kappa shape index (κ1) is 14.8. The number of aliphatic hydroxyl groups is 1. The Morgan fingerprint density at radius 2 is 2.17 bits per heavy atom. The van der Waals surface area contributed by atoms with Gasteiger partial charge >= 0.3 is 0 Å². The van der Waals surface area contributed by atoms with Crippen molar-refractivity contribution in [2.24, 2.45) is 0 Å². The summed E-state index contributed by atoms with van der Waals surface area (Å²) in [5.74, 6) is 0. The minimum absolute atomic E-state index is 0.526. The summed E-state index contributed by atoms with van der Waals surface area (Å²) in [7, 11) is 0. The third-order valence-electron chi connectivity index (χ3n) is 4.46. The maximum absolute atomic E-state index is 10.9. The third kappa shape index (κ3) is 2.67. The monoisotopic (exact) mass is 372 g/mol. The Labute approximate surface area is 142 Å². The number of aryl methyl sites for hydroxylation is 1. The van der Waals surface area contributed by atoms with Gasteiger partial charge in [-0.2, -0.15) is 5.10 Å². The molecule has 1 unspecified atom stereocenters. The summed E-state index contributed by atoms with van der Waals surface area (Å²) in [6, 6.07) is 8.14. The Kier molecular flexibility index (Phi) is 3.67. The van der Waals surface area contributed by atoms with Crippen LogP contribution in [0.1, 0.15) is 23.1 Å². The number of nitrogens with one attached hydrogen (secondary N) is 1. The lowest BCUT2D eigenvalue weighted by Crippen LogP contribution is -2.36. The summed E-state index contributed by atoms with van der Waals surface area (Å²) >= 11 is 3.39. The lowest BCUT2D eigenvalue weighted by molar-refractivity contribution is 0.0385. The highest BCUT2D eigenvalue weighted by Gasteiger charge is 2.35. The Morgan fingerprint density at radius 1 is 1.30 bits per heavy atom. The molecule has 3 aromatic rings. The number of fused-ring (bicyclic) bond motifs is 2. The highest BCUT2D eigenvalue weighted by Crippen LogP contribution is 2.36. The van der Waals surface area contributed by atoms with Crippen LogP contribution >= 0.6 is 15.9 Å². The van der Waals surface area contributed by atoms with E-state index in [1.165, 1.54) is 5.56 Å². The van der Waals surface area contributed by atoms with Crippen molar-refractivity contribution in [1.82, 2.24) is 19.9 Å². The molecule has 0 fully saturated rings. The van der Waals surface area contributed by atoms with Crippen LogP contribution in [0, 0.1) is 0 Å². The molecule has 0 saturated heterocycles. The van der Waals surface area contributed by atoms with E-state index in [1.54, 1.807) is 10.7 Å². The molecule has 1 atom stereocenters. The van der Waals surface area contributed by atoms with E-state index in [0.717, 1.165) is 34.1 Å². The fourth-order valence-corrected chi connectivity index (χ4v) is 3.58. The van der Waals surface area contributed by atoms with Gasteiger partial charge in [0.05, 0.1) is 10.7 Å². The van der Waals surface area contributed by atoms with Crippen LogP contribution in [0.4, 0.5) is 0 Å². The van der Waals surface area contributed by atoms with Gasteiger partial charge in [-0.1, -0.05) is 24.3 Å². The van der Waals surface area contributed by atoms with Crippen molar-refractivity contribution in [3.8, 4) is 0 Å². The quantitative estimate of drug-likeness (QED) is 0.738. The van der Waals surface area contributed by atoms with Gasteiger partial charge < -0.3 is 10.4 Å². The predicted octanol–water partition coefficient (Wildman–Crippen LogP) is 2.42. The molecule has 0 amide bonds. The van der Waals surface area contributed by atoms with Gasteiger partial charge in [0.2, 0.25) is 0 Å². The smallest absolute Gasteiger partial charge is 0.159 e. The van der Waals surface area contributed by atoms with E-state index in [4.69, 9.17) is 0 Å². The van der Waals surface area contributed by atoms with Gasteiger partial charge in [-0.25, -0.2) is 9.50 Å². The van der Waals surface area contributed by atoms with Crippen LogP contribution in [0.15, 0.2) is 47.3 Å². The van der Waals surface area contributed by atoms with Crippen LogP contribution in [0.2, 0.25) is 0 Å². The molecule has 118 valence electrons. The van der Waals surface area contributed by atoms with Crippen LogP contribution in [0.5, 0.6) is 0 Å². The summed E-state index contributed by atoms with van der Waals surface area (Å²) in [6.45, 7) is 1.15. The molecule has 0 radical (unpaired) electrons. The predicted molar refractivity (Wildman–Crippen MR) is 91.1 cm³/mol. The van der Waals surface area contributed by atoms with Crippen LogP contribution in [0.3, 0.4) is 0 Å². The molecule has 23 heavy (non-hydrogen) atoms. The van der Waals surface area contributed by atoms with Crippen LogP contribution in [-0.2, 0) is 18.6 Å². The fourth-order valence-electron chi connectivity index (χ4n) is 3.28. The van der Waals surface area contributed by atoms with Crippen molar-refractivity contribution in [2.75, 3.05) is 6.54 Å². The second kappa shape index (κ2) is 5.70. The first-order valence-corrected chi connectivity index (χ1v) is 8.44. The second-order valence-electron chi connectivity index (χ2n) is 6.00. The van der Waals surface area contributed by atoms with Crippen molar-refractivity contribution >= 4 is 21.6 Å². The summed E-state index contributed by atoms with van der Waals surface area (Å²) in [6.07, 6.45) is 7.15. The van der Waals surface area contributed by atoms with E-state index in [0.29, 0.717) is 13.1 Å². The maximum atomic E-state index is 10.9. The topological polar surface area (TPSA) is 62.5 Å². The Hall–Kier alpha value is -1.76. The minimum atomic E-state index is -0.782. The lowest BCUT2D eigenvalue weighted by atomic mass is 9.96. The van der Waals surface area contributed by atoms with E-state index < -0.39 is 5.60 Å². The number of rotatable bonds is 4. The van der Waals surface area contributed by atoms with Gasteiger partial charge in [0.25, 0.3) is 0 Å². The van der Waals surface area contributed by atoms with Crippen molar-refractivity contribution in [3.05, 3.63) is 64.0 Å². The largest absolute Gasteiger partial charge is 0.384 e. The van der Waals surface area contributed by atoms with Crippen LogP contribution in [-0.4, -0.2) is 26.2 Å². The molecule has 1 aliphatic rings. The molecule has 0 aliphatic heterocycles. The Morgan fingerprint density at radius 3 is 3.09 bits per heavy atom. The molecule has 1 aliphatic carbocycles. The molecular weight excluding hydrogens is 356 g/mol. The SMILES string of the molecule is OC1(CNCc2cnn3cc(Br)cnc23)CCc2ccccc21. The lowest BCUT2D eigenvalue weighted by Gasteiger charge is -2.24. The standard InChI is InChI=1S/C17H17BrN4O/c18-14-9-20-16-13(8-21-22(16)10-14)7-19-11-17(23)6-5-12-3-1-2-4-15(12)17/h1-4,8-10,19,23H,5-7,11H2. The van der Waals surface area contributed by atoms with E-state index >= 15 is 0 Å². The molecule has 0 spiro atoms. The normalized spacial score (nSPS) is 20.1. The number of nitrogens with zero attached hydrogens (tertiary/aromatic N) is 3. The van der Waals surface area contributed by atoms with E-state index in [1.807, 2.05) is 30.6 Å². The Bertz CT molecular complexity index is 863. The van der Waals surface area contributed by atoms with Crippen molar-refractivity contribution in [1.29, 1.82) is 0 Å². The van der Waals surface area contributed by atoms with Crippen LogP contribution < -0.4 is 5.32 Å². The second-order valence-corrected chi connectivity index (χ2v) is 6.92. The minimum Gasteiger partial charge on any atom is -0.384 e. The highest BCUT2D eigenvalue weighted by atomic mass is 79.9. The molecule has 2 N–H and O–H groups in total. The summed E-state index contributed by atoms with van der Waals surface area (Å²) in [4.78, 5) is 4.40. The Balaban J connectivity index is 1.48. The van der Waals surface area contributed by atoms with Crippen LogP contribution in [0.25, 0.3) is 5.65 Å². The first-order chi connectivity index (χ1) is 11.2. The van der Waals surface area contributed by atoms with Gasteiger partial charge in [-0.3, -0.25) is 0 Å². The number of hydrogen-bond acceptors (Lipinski definition) is 4. The summed E-state index contributed by atoms with van der Waals surface area (Å²) in [5.41, 5.74) is 3.37. The molecule has 6 heteroatoms. The average Bonchev–Trinajstić information content (AvgIpc) is 3.10. The van der Waals surface area contributed by atoms with Crippen molar-refractivity contribution < 1.29 is 5.11 Å². The average molecular weight is 373 g/mol. The molecular formula is C17H17BrN4O. The van der Waals surface area contributed by atoms with Gasteiger partial charge in [0.15, 0.2) is 5.65 Å². The van der Waals surface area contributed by atoms with Gasteiger partial charge in [0, 0.05) is 31.0 Å². The zero-order chi connectivity index (χ0) is 15.9. The number of hydrogen-bond donors (Lipinski definition) is 2. The van der Waals surface area contributed by atoms with Gasteiger partial charge in [0.1, 0.15) is 5.60 Å². The number of aromatic nitrogens is 3. The summed E-state index contributed by atoms with van der Waals surface area (Å²) < 4.78 is 2.64. The molecule has 1 aromatic carbocycles. The zero-order valence-corrected chi connectivity index (χ0v) is 14.1. The van der Waals surface area contributed by atoms with E-state index in [-0.39, 0.29) is 0 Å². The first-order valence-electron chi connectivity index (χ1n) is 7.65. The molecule has 2 heterocycles. The molecule has 0 bridgehead atoms. The number of benzene rings is 1. The maximum Gasteiger partial charge on any atom is 0.159 e. The number of halogens is 1. The molecule has 0 saturated carbocycles. The molecule has 2 aromatic heterocycles. The molecule has 5 nitrogen and oxygen atoms in total. The van der Waals surface area contributed by atoms with E-state index in [9.17, 15) is 5.11 Å². The highest BCUT2D eigenvalue weighted by molar-refractivity contribution is 9.10. The fraction of sp³-hybridized carbons (Fsp3) is 0.294.